The Kier molecular flexibility index (Phi) is 10.1. The van der Waals surface area contributed by atoms with E-state index in [1.165, 1.54) is 25.7 Å². The molecule has 0 aliphatic carbocycles. The van der Waals surface area contributed by atoms with Gasteiger partial charge in [-0.05, 0) is 30.7 Å². The molecule has 0 N–H and O–H groups in total. The van der Waals surface area contributed by atoms with Crippen molar-refractivity contribution < 1.29 is 18.4 Å². The molecule has 1 unspecified atom stereocenters. The van der Waals surface area contributed by atoms with Gasteiger partial charge in [0.1, 0.15) is 18.0 Å². The summed E-state index contributed by atoms with van der Waals surface area (Å²) in [5.74, 6) is 1.47. The van der Waals surface area contributed by atoms with Crippen molar-refractivity contribution in [3.8, 4) is 11.5 Å². The minimum atomic E-state index is -0.785. The van der Waals surface area contributed by atoms with Gasteiger partial charge in [-0.25, -0.2) is 0 Å². The fourth-order valence-corrected chi connectivity index (χ4v) is 3.25. The lowest BCUT2D eigenvalue weighted by molar-refractivity contribution is -0.873. The smallest absolute Gasteiger partial charge is 0.501 e. The molecule has 4 nitrogen and oxygen atoms in total. The quantitative estimate of drug-likeness (QED) is 0.236. The summed E-state index contributed by atoms with van der Waals surface area (Å²) in [4.78, 5) is 0. The van der Waals surface area contributed by atoms with E-state index in [-0.39, 0.29) is 6.10 Å². The standard InChI is InChI=1S/C24H37BNO3/c1-5-6-7-8-11-20-24(21-26(2,3)4)29-25(27-22-16-12-9-13-17-22)28-23-18-14-10-15-19-23/h9-10,12-19,24H,5-8,11,20-21H2,1-4H3/q+1. The van der Waals surface area contributed by atoms with Gasteiger partial charge >= 0.3 is 7.32 Å². The third-order valence-electron chi connectivity index (χ3n) is 4.64. The first-order chi connectivity index (χ1) is 14.0. The van der Waals surface area contributed by atoms with Crippen LogP contribution < -0.4 is 9.31 Å². The molecule has 0 bridgehead atoms. The van der Waals surface area contributed by atoms with Gasteiger partial charge in [-0.15, -0.1) is 0 Å². The van der Waals surface area contributed by atoms with Gasteiger partial charge in [0.05, 0.1) is 27.2 Å². The second-order valence-corrected chi connectivity index (χ2v) is 8.58. The highest BCUT2D eigenvalue weighted by atomic mass is 16.7. The fourth-order valence-electron chi connectivity index (χ4n) is 3.25. The van der Waals surface area contributed by atoms with Crippen molar-refractivity contribution in [1.82, 2.24) is 0 Å². The summed E-state index contributed by atoms with van der Waals surface area (Å²) >= 11 is 0. The van der Waals surface area contributed by atoms with Crippen LogP contribution in [0.4, 0.5) is 0 Å². The summed E-state index contributed by atoms with van der Waals surface area (Å²) in [5, 5.41) is 0. The predicted octanol–water partition coefficient (Wildman–Crippen LogP) is 5.58. The van der Waals surface area contributed by atoms with Gasteiger partial charge in [0, 0.05) is 0 Å². The maximum atomic E-state index is 6.38. The van der Waals surface area contributed by atoms with Crippen LogP contribution in [0.1, 0.15) is 45.4 Å². The molecule has 0 fully saturated rings. The first-order valence-corrected chi connectivity index (χ1v) is 10.9. The van der Waals surface area contributed by atoms with Crippen LogP contribution in [0, 0.1) is 0 Å². The van der Waals surface area contributed by atoms with E-state index in [0.717, 1.165) is 35.4 Å². The number of quaternary nitrogens is 1. The zero-order valence-electron chi connectivity index (χ0n) is 18.5. The molecular formula is C24H37BNO3+. The van der Waals surface area contributed by atoms with Crippen LogP contribution in [0.2, 0.25) is 0 Å². The molecule has 5 heteroatoms. The van der Waals surface area contributed by atoms with Crippen molar-refractivity contribution in [3.05, 3.63) is 60.7 Å². The van der Waals surface area contributed by atoms with Crippen molar-refractivity contribution in [2.24, 2.45) is 0 Å². The normalized spacial score (nSPS) is 12.4. The zero-order chi connectivity index (χ0) is 21.0. The molecule has 1 atom stereocenters. The number of likely N-dealkylation sites (N-methyl/N-ethyl adjacent to an activating group) is 1. The molecular weight excluding hydrogens is 361 g/mol. The van der Waals surface area contributed by atoms with Crippen LogP contribution in [-0.4, -0.2) is 45.6 Å². The number of unbranched alkanes of at least 4 members (excludes halogenated alkanes) is 4. The molecule has 0 aromatic heterocycles. The molecule has 0 saturated carbocycles. The Morgan fingerprint density at radius 3 is 1.76 bits per heavy atom. The monoisotopic (exact) mass is 398 g/mol. The minimum Gasteiger partial charge on any atom is -0.501 e. The van der Waals surface area contributed by atoms with E-state index in [9.17, 15) is 0 Å². The van der Waals surface area contributed by atoms with E-state index in [2.05, 4.69) is 28.1 Å². The lowest BCUT2D eigenvalue weighted by Crippen LogP contribution is -2.46. The Hall–Kier alpha value is -1.98. The molecule has 0 heterocycles. The molecule has 0 aliphatic rings. The second-order valence-electron chi connectivity index (χ2n) is 8.58. The summed E-state index contributed by atoms with van der Waals surface area (Å²) in [5.41, 5.74) is 0. The number of nitrogens with zero attached hydrogens (tertiary/aromatic N) is 1. The van der Waals surface area contributed by atoms with Crippen LogP contribution >= 0.6 is 0 Å². The van der Waals surface area contributed by atoms with Gasteiger partial charge < -0.3 is 18.4 Å². The summed E-state index contributed by atoms with van der Waals surface area (Å²) in [7, 11) is 5.79. The van der Waals surface area contributed by atoms with Crippen LogP contribution in [0.5, 0.6) is 11.5 Å². The van der Waals surface area contributed by atoms with Gasteiger partial charge in [0.25, 0.3) is 0 Å². The molecule has 0 aliphatic heterocycles. The maximum absolute atomic E-state index is 6.38. The van der Waals surface area contributed by atoms with Crippen molar-refractivity contribution in [2.45, 2.75) is 51.6 Å². The molecule has 2 aromatic rings. The predicted molar refractivity (Wildman–Crippen MR) is 121 cm³/mol. The molecule has 158 valence electrons. The lowest BCUT2D eigenvalue weighted by Gasteiger charge is -2.30. The van der Waals surface area contributed by atoms with Crippen LogP contribution in [0.15, 0.2) is 60.7 Å². The lowest BCUT2D eigenvalue weighted by atomic mass is 10.1. The van der Waals surface area contributed by atoms with E-state index in [1.54, 1.807) is 0 Å². The second kappa shape index (κ2) is 12.6. The van der Waals surface area contributed by atoms with E-state index in [4.69, 9.17) is 14.0 Å². The minimum absolute atomic E-state index is 0.0639. The Morgan fingerprint density at radius 1 is 0.759 bits per heavy atom. The first kappa shape index (κ1) is 23.3. The highest BCUT2D eigenvalue weighted by molar-refractivity contribution is 6.38. The van der Waals surface area contributed by atoms with E-state index in [0.29, 0.717) is 0 Å². The topological polar surface area (TPSA) is 27.7 Å². The van der Waals surface area contributed by atoms with Crippen LogP contribution in [-0.2, 0) is 4.65 Å². The van der Waals surface area contributed by atoms with Gasteiger partial charge in [-0.1, -0.05) is 75.4 Å². The Bertz CT molecular complexity index is 619. The Morgan fingerprint density at radius 2 is 1.28 bits per heavy atom. The fraction of sp³-hybridized carbons (Fsp3) is 0.500. The Labute approximate surface area is 177 Å². The van der Waals surface area contributed by atoms with E-state index < -0.39 is 7.32 Å². The van der Waals surface area contributed by atoms with Gasteiger partial charge in [0.2, 0.25) is 0 Å². The number of rotatable bonds is 14. The Balaban J connectivity index is 2.05. The van der Waals surface area contributed by atoms with Gasteiger partial charge in [0.15, 0.2) is 0 Å². The molecule has 0 radical (unpaired) electrons. The number of hydrogen-bond acceptors (Lipinski definition) is 3. The van der Waals surface area contributed by atoms with Crippen LogP contribution in [0.25, 0.3) is 0 Å². The van der Waals surface area contributed by atoms with E-state index >= 15 is 0 Å². The SMILES string of the molecule is CCCCCCCC(C[N+](C)(C)C)OB(Oc1ccccc1)Oc1ccccc1. The summed E-state index contributed by atoms with van der Waals surface area (Å²) in [6, 6.07) is 19.4. The molecule has 0 amide bonds. The number of benzene rings is 2. The van der Waals surface area contributed by atoms with Crippen molar-refractivity contribution >= 4 is 7.32 Å². The van der Waals surface area contributed by atoms with Crippen LogP contribution in [0.3, 0.4) is 0 Å². The molecule has 2 rings (SSSR count). The van der Waals surface area contributed by atoms with Crippen molar-refractivity contribution in [3.63, 3.8) is 0 Å². The molecule has 2 aromatic carbocycles. The third kappa shape index (κ3) is 10.4. The van der Waals surface area contributed by atoms with E-state index in [1.807, 2.05) is 60.7 Å². The average molecular weight is 398 g/mol. The van der Waals surface area contributed by atoms with Crippen molar-refractivity contribution in [2.75, 3.05) is 27.7 Å². The first-order valence-electron chi connectivity index (χ1n) is 10.9. The largest absolute Gasteiger partial charge is 0.788 e. The van der Waals surface area contributed by atoms with Gasteiger partial charge in [-0.2, -0.15) is 0 Å². The average Bonchev–Trinajstić information content (AvgIpc) is 2.68. The summed E-state index contributed by atoms with van der Waals surface area (Å²) < 4.78 is 19.3. The zero-order valence-corrected chi connectivity index (χ0v) is 18.5. The highest BCUT2D eigenvalue weighted by Gasteiger charge is 2.33. The highest BCUT2D eigenvalue weighted by Crippen LogP contribution is 2.18. The number of hydrogen-bond donors (Lipinski definition) is 0. The number of para-hydroxylation sites is 2. The third-order valence-corrected chi connectivity index (χ3v) is 4.64. The van der Waals surface area contributed by atoms with Gasteiger partial charge in [-0.3, -0.25) is 0 Å². The molecule has 0 saturated heterocycles. The molecule has 29 heavy (non-hydrogen) atoms. The van der Waals surface area contributed by atoms with Crippen molar-refractivity contribution in [1.29, 1.82) is 0 Å². The maximum Gasteiger partial charge on any atom is 0.788 e. The summed E-state index contributed by atoms with van der Waals surface area (Å²) in [6.45, 7) is 3.15. The molecule has 0 spiro atoms. The summed E-state index contributed by atoms with van der Waals surface area (Å²) in [6.07, 6.45) is 7.33.